The number of hydrogen-bond donors (Lipinski definition) is 1. The van der Waals surface area contributed by atoms with E-state index < -0.39 is 17.6 Å². The van der Waals surface area contributed by atoms with Gasteiger partial charge in [-0.3, -0.25) is 4.79 Å². The molecule has 0 atom stereocenters. The van der Waals surface area contributed by atoms with E-state index in [1.54, 1.807) is 17.3 Å². The van der Waals surface area contributed by atoms with E-state index in [-0.39, 0.29) is 22.0 Å². The van der Waals surface area contributed by atoms with E-state index in [2.05, 4.69) is 20.2 Å². The highest BCUT2D eigenvalue weighted by Crippen LogP contribution is 2.39. The second-order valence-electron chi connectivity index (χ2n) is 9.89. The number of aryl methyl sites for hydroxylation is 1. The fraction of sp³-hybridized carbons (Fsp3) is 0.385. The predicted octanol–water partition coefficient (Wildman–Crippen LogP) is 4.12. The van der Waals surface area contributed by atoms with Gasteiger partial charge < -0.3 is 19.2 Å². The van der Waals surface area contributed by atoms with Crippen LogP contribution in [-0.4, -0.2) is 61.8 Å². The van der Waals surface area contributed by atoms with Crippen LogP contribution in [-0.2, 0) is 29.8 Å². The molecule has 1 N–H and O–H groups in total. The summed E-state index contributed by atoms with van der Waals surface area (Å²) >= 11 is 0. The van der Waals surface area contributed by atoms with Crippen molar-refractivity contribution in [3.63, 3.8) is 0 Å². The van der Waals surface area contributed by atoms with Gasteiger partial charge in [0, 0.05) is 43.1 Å². The van der Waals surface area contributed by atoms with Gasteiger partial charge in [-0.25, -0.2) is 4.98 Å². The third-order valence-corrected chi connectivity index (χ3v) is 7.35. The zero-order chi connectivity index (χ0) is 25.8. The number of likely N-dealkylation sites (tertiary alicyclic amines) is 1. The van der Waals surface area contributed by atoms with E-state index >= 15 is 0 Å². The first kappa shape index (κ1) is 23.7. The molecule has 4 aromatic rings. The number of carbonyl (C=O) groups excluding carboxylic acids is 1. The molecule has 4 heterocycles. The van der Waals surface area contributed by atoms with Crippen LogP contribution in [0, 0.1) is 0 Å². The van der Waals surface area contributed by atoms with E-state index in [9.17, 15) is 18.0 Å². The number of nitrogens with zero attached hydrogens (tertiary/aromatic N) is 5. The predicted molar refractivity (Wildman–Crippen MR) is 129 cm³/mol. The summed E-state index contributed by atoms with van der Waals surface area (Å²) in [5, 5.41) is 8.16. The third kappa shape index (κ3) is 4.16. The van der Waals surface area contributed by atoms with Gasteiger partial charge in [0.05, 0.1) is 29.8 Å². The molecule has 0 aliphatic carbocycles. The number of imidazole rings is 1. The molecule has 1 amide bonds. The summed E-state index contributed by atoms with van der Waals surface area (Å²) in [6.07, 6.45) is -0.672. The minimum Gasteiger partial charge on any atom is -0.379 e. The first-order chi connectivity index (χ1) is 17.7. The number of halogens is 3. The Bertz CT molecular complexity index is 1480. The lowest BCUT2D eigenvalue weighted by atomic mass is 9.75. The average Bonchev–Trinajstić information content (AvgIpc) is 3.61. The maximum atomic E-state index is 14.0. The van der Waals surface area contributed by atoms with Crippen molar-refractivity contribution in [2.75, 3.05) is 26.3 Å². The number of fused-ring (bicyclic) bond motifs is 1. The van der Waals surface area contributed by atoms with Crippen LogP contribution in [0.2, 0.25) is 0 Å². The molecule has 2 saturated heterocycles. The minimum atomic E-state index is -4.64. The number of alkyl halides is 3. The standard InChI is InChI=1S/C26H25F3N6O2/c1-34-15-30-33-21(34)12-25(13-37-14-25)18-6-4-5-16(9-18)23-31-20-11-17(24(36)35-7-2-3-8-35)10-19(22(20)32-23)26(27,28)29/h4-6,9-11,15H,2-3,7-8,12-14H2,1H3,(H,31,32). The van der Waals surface area contributed by atoms with E-state index in [4.69, 9.17) is 4.74 Å². The summed E-state index contributed by atoms with van der Waals surface area (Å²) in [5.74, 6) is 0.733. The van der Waals surface area contributed by atoms with Gasteiger partial charge in [0.2, 0.25) is 0 Å². The van der Waals surface area contributed by atoms with Gasteiger partial charge in [-0.05, 0) is 36.6 Å². The summed E-state index contributed by atoms with van der Waals surface area (Å²) in [6.45, 7) is 2.11. The van der Waals surface area contributed by atoms with E-state index in [1.165, 1.54) is 6.07 Å². The molecule has 0 spiro atoms. The largest absolute Gasteiger partial charge is 0.418 e. The molecule has 2 aromatic heterocycles. The van der Waals surface area contributed by atoms with Crippen LogP contribution in [0.5, 0.6) is 0 Å². The Hall–Kier alpha value is -3.73. The minimum absolute atomic E-state index is 0.00257. The van der Waals surface area contributed by atoms with Gasteiger partial charge in [-0.1, -0.05) is 18.2 Å². The van der Waals surface area contributed by atoms with Gasteiger partial charge in [0.1, 0.15) is 18.0 Å². The Morgan fingerprint density at radius 2 is 1.95 bits per heavy atom. The SMILES string of the molecule is Cn1cnnc1CC1(c2cccc(-c3nc4cc(C(=O)N5CCCC5)cc(C(F)(F)F)c4[nH]3)c2)COC1. The highest BCUT2D eigenvalue weighted by Gasteiger charge is 2.42. The van der Waals surface area contributed by atoms with Gasteiger partial charge in [-0.15, -0.1) is 10.2 Å². The molecule has 8 nitrogen and oxygen atoms in total. The van der Waals surface area contributed by atoms with Crippen molar-refractivity contribution >= 4 is 16.9 Å². The molecule has 192 valence electrons. The average molecular weight is 511 g/mol. The number of H-pyrrole nitrogens is 1. The summed E-state index contributed by atoms with van der Waals surface area (Å²) < 4.78 is 49.5. The van der Waals surface area contributed by atoms with Crippen molar-refractivity contribution in [3.8, 4) is 11.4 Å². The molecular formula is C26H25F3N6O2. The lowest BCUT2D eigenvalue weighted by Crippen LogP contribution is -2.49. The maximum Gasteiger partial charge on any atom is 0.418 e. The van der Waals surface area contributed by atoms with Crippen LogP contribution >= 0.6 is 0 Å². The van der Waals surface area contributed by atoms with Crippen molar-refractivity contribution in [2.24, 2.45) is 7.05 Å². The smallest absolute Gasteiger partial charge is 0.379 e. The quantitative estimate of drug-likeness (QED) is 0.436. The molecular weight excluding hydrogens is 485 g/mol. The highest BCUT2D eigenvalue weighted by molar-refractivity contribution is 5.99. The van der Waals surface area contributed by atoms with Gasteiger partial charge in [0.15, 0.2) is 0 Å². The molecule has 2 aliphatic heterocycles. The van der Waals surface area contributed by atoms with Gasteiger partial charge in [-0.2, -0.15) is 13.2 Å². The summed E-state index contributed by atoms with van der Waals surface area (Å²) in [5.41, 5.74) is 0.413. The van der Waals surface area contributed by atoms with Crippen LogP contribution in [0.4, 0.5) is 13.2 Å². The number of benzene rings is 2. The molecule has 2 fully saturated rings. The normalized spacial score (nSPS) is 17.4. The number of amides is 1. The number of aromatic amines is 1. The Kier molecular flexibility index (Phi) is 5.55. The zero-order valence-electron chi connectivity index (χ0n) is 20.2. The first-order valence-electron chi connectivity index (χ1n) is 12.2. The van der Waals surface area contributed by atoms with E-state index in [1.807, 2.05) is 29.8 Å². The Labute approximate surface area is 210 Å². The maximum absolute atomic E-state index is 14.0. The van der Waals surface area contributed by atoms with Crippen molar-refractivity contribution in [3.05, 3.63) is 65.2 Å². The second kappa shape index (κ2) is 8.69. The van der Waals surface area contributed by atoms with Gasteiger partial charge in [0.25, 0.3) is 5.91 Å². The van der Waals surface area contributed by atoms with Crippen LogP contribution in [0.25, 0.3) is 22.4 Å². The van der Waals surface area contributed by atoms with E-state index in [0.717, 1.165) is 30.3 Å². The topological polar surface area (TPSA) is 88.9 Å². The highest BCUT2D eigenvalue weighted by atomic mass is 19.4. The number of rotatable bonds is 5. The van der Waals surface area contributed by atoms with Crippen LogP contribution < -0.4 is 0 Å². The lowest BCUT2D eigenvalue weighted by molar-refractivity contribution is -0.136. The summed E-state index contributed by atoms with van der Waals surface area (Å²) in [4.78, 5) is 21.9. The van der Waals surface area contributed by atoms with Crippen molar-refractivity contribution < 1.29 is 22.7 Å². The molecule has 0 saturated carbocycles. The number of hydrogen-bond acceptors (Lipinski definition) is 5. The van der Waals surface area contributed by atoms with Crippen molar-refractivity contribution in [2.45, 2.75) is 30.9 Å². The zero-order valence-corrected chi connectivity index (χ0v) is 20.2. The molecule has 0 bridgehead atoms. The second-order valence-corrected chi connectivity index (χ2v) is 9.89. The van der Waals surface area contributed by atoms with Crippen LogP contribution in [0.15, 0.2) is 42.7 Å². The number of carbonyl (C=O) groups is 1. The molecule has 37 heavy (non-hydrogen) atoms. The molecule has 0 unspecified atom stereocenters. The van der Waals surface area contributed by atoms with Crippen LogP contribution in [0.3, 0.4) is 0 Å². The molecule has 2 aromatic carbocycles. The summed E-state index contributed by atoms with van der Waals surface area (Å²) in [7, 11) is 1.88. The first-order valence-corrected chi connectivity index (χ1v) is 12.2. The summed E-state index contributed by atoms with van der Waals surface area (Å²) in [6, 6.07) is 9.97. The fourth-order valence-corrected chi connectivity index (χ4v) is 5.19. The van der Waals surface area contributed by atoms with Crippen LogP contribution in [0.1, 0.15) is 40.2 Å². The molecule has 11 heteroatoms. The lowest BCUT2D eigenvalue weighted by Gasteiger charge is -2.41. The Balaban J connectivity index is 1.40. The fourth-order valence-electron chi connectivity index (χ4n) is 5.19. The number of nitrogens with one attached hydrogen (secondary N) is 1. The Morgan fingerprint density at radius 3 is 2.59 bits per heavy atom. The number of ether oxygens (including phenoxy) is 1. The molecule has 0 radical (unpaired) electrons. The third-order valence-electron chi connectivity index (χ3n) is 7.35. The Morgan fingerprint density at radius 1 is 1.16 bits per heavy atom. The van der Waals surface area contributed by atoms with Crippen molar-refractivity contribution in [1.82, 2.24) is 29.6 Å². The van der Waals surface area contributed by atoms with Crippen molar-refractivity contribution in [1.29, 1.82) is 0 Å². The van der Waals surface area contributed by atoms with Gasteiger partial charge >= 0.3 is 6.18 Å². The van der Waals surface area contributed by atoms with E-state index in [0.29, 0.717) is 44.1 Å². The molecule has 6 rings (SSSR count). The molecule has 2 aliphatic rings. The monoisotopic (exact) mass is 510 g/mol. The number of aromatic nitrogens is 5.